The molecule has 3 heterocycles. The second kappa shape index (κ2) is 8.96. The van der Waals surface area contributed by atoms with Crippen molar-refractivity contribution in [3.05, 3.63) is 59.9 Å². The number of nitrogen functional groups attached to an aromatic ring is 1. The van der Waals surface area contributed by atoms with Crippen LogP contribution in [0.1, 0.15) is 24.0 Å². The second-order valence-electron chi connectivity index (χ2n) is 7.44. The van der Waals surface area contributed by atoms with Gasteiger partial charge in [-0.05, 0) is 47.6 Å². The molecular formula is C22H25N5O3. The number of nitrogens with one attached hydrogen (secondary N) is 1. The maximum Gasteiger partial charge on any atom is 0.407 e. The summed E-state index contributed by atoms with van der Waals surface area (Å²) in [6.07, 6.45) is 4.22. The van der Waals surface area contributed by atoms with Crippen LogP contribution in [0.2, 0.25) is 0 Å². The van der Waals surface area contributed by atoms with Crippen LogP contribution < -0.4 is 11.1 Å². The molecule has 1 aliphatic heterocycles. The van der Waals surface area contributed by atoms with E-state index >= 15 is 0 Å². The quantitative estimate of drug-likeness (QED) is 0.573. The van der Waals surface area contributed by atoms with E-state index in [0.29, 0.717) is 32.1 Å². The molecular weight excluding hydrogens is 382 g/mol. The van der Waals surface area contributed by atoms with Crippen LogP contribution in [0.15, 0.2) is 48.8 Å². The molecule has 156 valence electrons. The number of hydrogen-bond acceptors (Lipinski definition) is 6. The molecule has 2 aromatic heterocycles. The van der Waals surface area contributed by atoms with Crippen LogP contribution >= 0.6 is 0 Å². The zero-order chi connectivity index (χ0) is 20.9. The number of likely N-dealkylation sites (tertiary alicyclic amines) is 1. The summed E-state index contributed by atoms with van der Waals surface area (Å²) in [5.41, 5.74) is 8.03. The lowest BCUT2D eigenvalue weighted by Crippen LogP contribution is -2.40. The van der Waals surface area contributed by atoms with E-state index in [4.69, 9.17) is 15.6 Å². The lowest BCUT2D eigenvalue weighted by atomic mass is 10.1. The minimum absolute atomic E-state index is 0.0931. The fourth-order valence-corrected chi connectivity index (χ4v) is 3.60. The zero-order valence-electron chi connectivity index (χ0n) is 16.6. The summed E-state index contributed by atoms with van der Waals surface area (Å²) in [5.74, 6) is 1.33. The lowest BCUT2D eigenvalue weighted by Gasteiger charge is -2.29. The molecule has 30 heavy (non-hydrogen) atoms. The largest absolute Gasteiger partial charge is 0.465 e. The number of carboxylic acid groups (broad SMARTS) is 1. The number of aromatic nitrogens is 2. The third kappa shape index (κ3) is 4.77. The normalized spacial score (nSPS) is 14.7. The summed E-state index contributed by atoms with van der Waals surface area (Å²) in [7, 11) is 0. The Kier molecular flexibility index (Phi) is 5.94. The smallest absolute Gasteiger partial charge is 0.407 e. The summed E-state index contributed by atoms with van der Waals surface area (Å²) in [6.45, 7) is 2.19. The average Bonchev–Trinajstić information content (AvgIpc) is 2.77. The van der Waals surface area contributed by atoms with E-state index in [0.717, 1.165) is 40.6 Å². The summed E-state index contributed by atoms with van der Waals surface area (Å²) in [4.78, 5) is 21.0. The second-order valence-corrected chi connectivity index (χ2v) is 7.44. The Bertz CT molecular complexity index is 1020. The Morgan fingerprint density at radius 2 is 1.97 bits per heavy atom. The van der Waals surface area contributed by atoms with Crippen molar-refractivity contribution in [1.82, 2.24) is 14.9 Å². The standard InChI is InChI=1S/C22H25N5O3/c23-21-19-3-1-15(11-17(19)5-8-24-21)12-25-20-4-2-16(13-26-20)14-30-18-6-9-27(10-7-18)22(28)29/h1-5,8,11,13,18H,6-7,9-10,12,14H2,(H2,23,24)(H,25,26)(H,28,29). The summed E-state index contributed by atoms with van der Waals surface area (Å²) in [5, 5.41) is 14.3. The first-order valence-electron chi connectivity index (χ1n) is 10.00. The van der Waals surface area contributed by atoms with Gasteiger partial charge in [-0.25, -0.2) is 14.8 Å². The summed E-state index contributed by atoms with van der Waals surface area (Å²) in [6, 6.07) is 12.0. The van der Waals surface area contributed by atoms with Crippen molar-refractivity contribution >= 4 is 28.5 Å². The number of fused-ring (bicyclic) bond motifs is 1. The first kappa shape index (κ1) is 19.9. The Balaban J connectivity index is 1.26. The summed E-state index contributed by atoms with van der Waals surface area (Å²) >= 11 is 0. The maximum absolute atomic E-state index is 11.0. The van der Waals surface area contributed by atoms with Gasteiger partial charge in [0.1, 0.15) is 11.6 Å². The van der Waals surface area contributed by atoms with Gasteiger partial charge in [-0.3, -0.25) is 0 Å². The van der Waals surface area contributed by atoms with E-state index in [2.05, 4.69) is 21.4 Å². The van der Waals surface area contributed by atoms with Crippen LogP contribution in [0.3, 0.4) is 0 Å². The van der Waals surface area contributed by atoms with Crippen LogP contribution in [0, 0.1) is 0 Å². The van der Waals surface area contributed by atoms with E-state index < -0.39 is 6.09 Å². The van der Waals surface area contributed by atoms with Gasteiger partial charge in [0.05, 0.1) is 12.7 Å². The number of rotatable bonds is 6. The Morgan fingerprint density at radius 1 is 1.17 bits per heavy atom. The number of anilines is 2. The highest BCUT2D eigenvalue weighted by Gasteiger charge is 2.22. The van der Waals surface area contributed by atoms with Crippen molar-refractivity contribution in [3.63, 3.8) is 0 Å². The fourth-order valence-electron chi connectivity index (χ4n) is 3.60. The van der Waals surface area contributed by atoms with Crippen molar-refractivity contribution in [2.24, 2.45) is 0 Å². The maximum atomic E-state index is 11.0. The number of benzene rings is 1. The SMILES string of the molecule is Nc1nccc2cc(CNc3ccc(COC4CCN(C(=O)O)CC4)cn3)ccc12. The number of ether oxygens (including phenoxy) is 1. The highest BCUT2D eigenvalue weighted by atomic mass is 16.5. The summed E-state index contributed by atoms with van der Waals surface area (Å²) < 4.78 is 5.92. The average molecular weight is 407 g/mol. The third-order valence-corrected chi connectivity index (χ3v) is 5.36. The molecule has 0 atom stereocenters. The molecule has 1 saturated heterocycles. The van der Waals surface area contributed by atoms with Gasteiger partial charge in [-0.15, -0.1) is 0 Å². The highest BCUT2D eigenvalue weighted by Crippen LogP contribution is 2.21. The molecule has 8 nitrogen and oxygen atoms in total. The van der Waals surface area contributed by atoms with Gasteiger partial charge in [0, 0.05) is 37.4 Å². The molecule has 1 amide bonds. The molecule has 3 aromatic rings. The number of pyridine rings is 2. The van der Waals surface area contributed by atoms with Crippen LogP contribution in [-0.2, 0) is 17.9 Å². The first-order chi connectivity index (χ1) is 14.6. The van der Waals surface area contributed by atoms with Gasteiger partial charge >= 0.3 is 6.09 Å². The molecule has 0 radical (unpaired) electrons. The van der Waals surface area contributed by atoms with Crippen LogP contribution in [0.25, 0.3) is 10.8 Å². The van der Waals surface area contributed by atoms with E-state index in [9.17, 15) is 4.79 Å². The molecule has 1 fully saturated rings. The van der Waals surface area contributed by atoms with Crippen LogP contribution in [0.5, 0.6) is 0 Å². The molecule has 8 heteroatoms. The predicted molar refractivity (Wildman–Crippen MR) is 115 cm³/mol. The topological polar surface area (TPSA) is 114 Å². The molecule has 4 N–H and O–H groups in total. The van der Waals surface area contributed by atoms with Crippen molar-refractivity contribution in [2.45, 2.75) is 32.1 Å². The van der Waals surface area contributed by atoms with Gasteiger partial charge in [0.15, 0.2) is 0 Å². The lowest BCUT2D eigenvalue weighted by molar-refractivity contribution is 0.000283. The molecule has 1 aromatic carbocycles. The van der Waals surface area contributed by atoms with Gasteiger partial charge in [0.2, 0.25) is 0 Å². The first-order valence-corrected chi connectivity index (χ1v) is 10.00. The van der Waals surface area contributed by atoms with Crippen molar-refractivity contribution in [2.75, 3.05) is 24.1 Å². The van der Waals surface area contributed by atoms with E-state index in [1.807, 2.05) is 36.5 Å². The third-order valence-electron chi connectivity index (χ3n) is 5.36. The zero-order valence-corrected chi connectivity index (χ0v) is 16.6. The molecule has 4 rings (SSSR count). The van der Waals surface area contributed by atoms with E-state index in [1.165, 1.54) is 4.90 Å². The number of amides is 1. The number of nitrogens with zero attached hydrogens (tertiary/aromatic N) is 3. The van der Waals surface area contributed by atoms with Gasteiger partial charge in [-0.1, -0.05) is 18.2 Å². The molecule has 0 aliphatic carbocycles. The predicted octanol–water partition coefficient (Wildman–Crippen LogP) is 3.48. The minimum Gasteiger partial charge on any atom is -0.465 e. The molecule has 0 unspecified atom stereocenters. The number of carbonyl (C=O) groups is 1. The van der Waals surface area contributed by atoms with Crippen LogP contribution in [-0.4, -0.2) is 45.3 Å². The van der Waals surface area contributed by atoms with Gasteiger partial charge in [-0.2, -0.15) is 0 Å². The number of nitrogens with two attached hydrogens (primary N) is 1. The molecule has 0 spiro atoms. The van der Waals surface area contributed by atoms with Crippen molar-refractivity contribution in [1.29, 1.82) is 0 Å². The monoisotopic (exact) mass is 407 g/mol. The van der Waals surface area contributed by atoms with E-state index in [-0.39, 0.29) is 6.10 Å². The Hall–Kier alpha value is -3.39. The number of piperidine rings is 1. The highest BCUT2D eigenvalue weighted by molar-refractivity contribution is 5.91. The van der Waals surface area contributed by atoms with Crippen molar-refractivity contribution in [3.8, 4) is 0 Å². The van der Waals surface area contributed by atoms with Crippen molar-refractivity contribution < 1.29 is 14.6 Å². The molecule has 1 aliphatic rings. The minimum atomic E-state index is -0.856. The van der Waals surface area contributed by atoms with Gasteiger partial charge < -0.3 is 25.8 Å². The Morgan fingerprint density at radius 3 is 2.70 bits per heavy atom. The Labute approximate surface area is 174 Å². The van der Waals surface area contributed by atoms with E-state index in [1.54, 1.807) is 6.20 Å². The number of hydrogen-bond donors (Lipinski definition) is 3. The fraction of sp³-hybridized carbons (Fsp3) is 0.318. The molecule has 0 bridgehead atoms. The van der Waals surface area contributed by atoms with Crippen LogP contribution in [0.4, 0.5) is 16.4 Å². The van der Waals surface area contributed by atoms with Gasteiger partial charge in [0.25, 0.3) is 0 Å². The molecule has 0 saturated carbocycles.